The second-order valence-electron chi connectivity index (χ2n) is 5.27. The van der Waals surface area contributed by atoms with Gasteiger partial charge < -0.3 is 9.47 Å². The van der Waals surface area contributed by atoms with Crippen LogP contribution in [-0.2, 0) is 9.47 Å². The van der Waals surface area contributed by atoms with Crippen LogP contribution < -0.4 is 0 Å². The van der Waals surface area contributed by atoms with E-state index in [2.05, 4.69) is 11.8 Å². The van der Waals surface area contributed by atoms with E-state index < -0.39 is 18.0 Å². The minimum absolute atomic E-state index is 0.259. The highest BCUT2D eigenvalue weighted by Gasteiger charge is 2.15. The van der Waals surface area contributed by atoms with Crippen LogP contribution in [0, 0.1) is 17.8 Å². The second kappa shape index (κ2) is 8.89. The monoisotopic (exact) mass is 302 g/mol. The molecule has 4 nitrogen and oxygen atoms in total. The lowest BCUT2D eigenvalue weighted by atomic mass is 10.1. The van der Waals surface area contributed by atoms with Gasteiger partial charge in [-0.15, -0.1) is 5.92 Å². The van der Waals surface area contributed by atoms with Crippen LogP contribution in [0.3, 0.4) is 0 Å². The number of benzene rings is 1. The van der Waals surface area contributed by atoms with Crippen molar-refractivity contribution in [2.45, 2.75) is 40.2 Å². The zero-order valence-electron chi connectivity index (χ0n) is 13.5. The molecule has 1 aromatic carbocycles. The summed E-state index contributed by atoms with van der Waals surface area (Å²) in [5.41, 5.74) is 0.653. The summed E-state index contributed by atoms with van der Waals surface area (Å²) in [5.74, 6) is 4.88. The Morgan fingerprint density at radius 1 is 1.18 bits per heavy atom. The van der Waals surface area contributed by atoms with Gasteiger partial charge in [-0.05, 0) is 37.5 Å². The van der Waals surface area contributed by atoms with Gasteiger partial charge in [0.25, 0.3) is 0 Å². The highest BCUT2D eigenvalue weighted by molar-refractivity contribution is 5.95. The summed E-state index contributed by atoms with van der Waals surface area (Å²) in [4.78, 5) is 24.0. The normalized spacial score (nSPS) is 11.3. The maximum absolute atomic E-state index is 12.1. The third-order valence-corrected chi connectivity index (χ3v) is 2.81. The smallest absolute Gasteiger partial charge is 0.339 e. The van der Waals surface area contributed by atoms with Crippen LogP contribution >= 0.6 is 0 Å². The summed E-state index contributed by atoms with van der Waals surface area (Å²) in [7, 11) is 0. The van der Waals surface area contributed by atoms with Crippen molar-refractivity contribution in [1.29, 1.82) is 0 Å². The van der Waals surface area contributed by atoms with Crippen LogP contribution in [-0.4, -0.2) is 24.6 Å². The van der Waals surface area contributed by atoms with E-state index in [4.69, 9.17) is 9.47 Å². The molecule has 0 N–H and O–H groups in total. The van der Waals surface area contributed by atoms with Gasteiger partial charge in [0.05, 0.1) is 17.7 Å². The molecule has 1 atom stereocenters. The molecule has 0 saturated heterocycles. The lowest BCUT2D eigenvalue weighted by Gasteiger charge is -2.11. The van der Waals surface area contributed by atoms with Gasteiger partial charge in [0.15, 0.2) is 6.10 Å². The zero-order chi connectivity index (χ0) is 16.5. The van der Waals surface area contributed by atoms with E-state index in [0.29, 0.717) is 24.2 Å². The van der Waals surface area contributed by atoms with E-state index >= 15 is 0 Å². The maximum atomic E-state index is 12.1. The predicted molar refractivity (Wildman–Crippen MR) is 84.5 cm³/mol. The Morgan fingerprint density at radius 2 is 1.82 bits per heavy atom. The van der Waals surface area contributed by atoms with Crippen molar-refractivity contribution in [2.75, 3.05) is 6.61 Å². The summed E-state index contributed by atoms with van der Waals surface area (Å²) < 4.78 is 10.4. The molecule has 0 heterocycles. The highest BCUT2D eigenvalue weighted by Crippen LogP contribution is 2.11. The van der Waals surface area contributed by atoms with Crippen LogP contribution in [0.2, 0.25) is 0 Å². The Bertz CT molecular complexity index is 578. The number of esters is 2. The molecule has 0 bridgehead atoms. The molecular formula is C18H22O4. The summed E-state index contributed by atoms with van der Waals surface area (Å²) >= 11 is 0. The Kier molecular flexibility index (Phi) is 7.18. The average molecular weight is 302 g/mol. The zero-order valence-corrected chi connectivity index (χ0v) is 13.5. The van der Waals surface area contributed by atoms with Crippen molar-refractivity contribution in [3.05, 3.63) is 35.4 Å². The Hall–Kier alpha value is -2.28. The fourth-order valence-corrected chi connectivity index (χ4v) is 1.67. The van der Waals surface area contributed by atoms with E-state index in [1.54, 1.807) is 25.1 Å². The molecule has 1 unspecified atom stereocenters. The molecule has 0 amide bonds. The van der Waals surface area contributed by atoms with Crippen LogP contribution in [0.4, 0.5) is 0 Å². The molecule has 1 rings (SSSR count). The van der Waals surface area contributed by atoms with Crippen LogP contribution in [0.15, 0.2) is 24.3 Å². The largest absolute Gasteiger partial charge is 0.462 e. The predicted octanol–water partition coefficient (Wildman–Crippen LogP) is 3.46. The van der Waals surface area contributed by atoms with Gasteiger partial charge in [-0.2, -0.15) is 0 Å². The van der Waals surface area contributed by atoms with Gasteiger partial charge in [-0.3, -0.25) is 0 Å². The Morgan fingerprint density at radius 3 is 2.36 bits per heavy atom. The third-order valence-electron chi connectivity index (χ3n) is 2.81. The van der Waals surface area contributed by atoms with Crippen LogP contribution in [0.1, 0.15) is 54.8 Å². The van der Waals surface area contributed by atoms with Gasteiger partial charge in [0.2, 0.25) is 0 Å². The van der Waals surface area contributed by atoms with Crippen molar-refractivity contribution >= 4 is 11.9 Å². The van der Waals surface area contributed by atoms with Crippen molar-refractivity contribution in [1.82, 2.24) is 0 Å². The number of rotatable bonds is 6. The number of hydrogen-bond donors (Lipinski definition) is 0. The van der Waals surface area contributed by atoms with Crippen molar-refractivity contribution < 1.29 is 19.1 Å². The summed E-state index contributed by atoms with van der Waals surface area (Å²) in [5, 5.41) is 0. The minimum atomic E-state index is -0.492. The molecule has 0 radical (unpaired) electrons. The molecule has 0 aromatic heterocycles. The second-order valence-corrected chi connectivity index (χ2v) is 5.27. The quantitative estimate of drug-likeness (QED) is 0.596. The van der Waals surface area contributed by atoms with Gasteiger partial charge in [0, 0.05) is 0 Å². The first-order valence-electron chi connectivity index (χ1n) is 7.38. The molecule has 118 valence electrons. The molecular weight excluding hydrogens is 280 g/mol. The first-order chi connectivity index (χ1) is 10.5. The Balaban J connectivity index is 2.79. The number of ether oxygens (including phenoxy) is 2. The van der Waals surface area contributed by atoms with Crippen LogP contribution in [0.5, 0.6) is 0 Å². The summed E-state index contributed by atoms with van der Waals surface area (Å²) in [6.07, 6.45) is 0.178. The molecule has 0 saturated carbocycles. The summed E-state index contributed by atoms with van der Waals surface area (Å²) in [6, 6.07) is 6.34. The lowest BCUT2D eigenvalue weighted by Crippen LogP contribution is -2.16. The molecule has 4 heteroatoms. The topological polar surface area (TPSA) is 52.6 Å². The van der Waals surface area contributed by atoms with E-state index in [-0.39, 0.29) is 5.92 Å². The highest BCUT2D eigenvalue weighted by atomic mass is 16.5. The molecule has 0 fully saturated rings. The first kappa shape index (κ1) is 17.8. The lowest BCUT2D eigenvalue weighted by molar-refractivity contribution is 0.0404. The standard InChI is InChI=1S/C18H22O4/c1-5-8-16(6-2)22-18(20)15-10-7-9-14(11-15)17(19)21-12-13(3)4/h7,9-11,13,16H,6,12H2,1-4H3. The summed E-state index contributed by atoms with van der Waals surface area (Å²) in [6.45, 7) is 7.85. The van der Waals surface area contributed by atoms with Gasteiger partial charge in [-0.1, -0.05) is 32.8 Å². The van der Waals surface area contributed by atoms with Gasteiger partial charge in [-0.25, -0.2) is 9.59 Å². The van der Waals surface area contributed by atoms with Crippen molar-refractivity contribution in [2.24, 2.45) is 5.92 Å². The molecule has 22 heavy (non-hydrogen) atoms. The number of carbonyl (C=O) groups excluding carboxylic acids is 2. The van der Waals surface area contributed by atoms with Crippen LogP contribution in [0.25, 0.3) is 0 Å². The third kappa shape index (κ3) is 5.61. The van der Waals surface area contributed by atoms with Crippen molar-refractivity contribution in [3.63, 3.8) is 0 Å². The number of carbonyl (C=O) groups is 2. The SMILES string of the molecule is CC#CC(CC)OC(=O)c1cccc(C(=O)OCC(C)C)c1. The maximum Gasteiger partial charge on any atom is 0.339 e. The van der Waals surface area contributed by atoms with E-state index in [9.17, 15) is 9.59 Å². The first-order valence-corrected chi connectivity index (χ1v) is 7.38. The van der Waals surface area contributed by atoms with Gasteiger partial charge in [0.1, 0.15) is 0 Å². The molecule has 0 aliphatic carbocycles. The fraction of sp³-hybridized carbons (Fsp3) is 0.444. The molecule has 0 spiro atoms. The molecule has 0 aliphatic rings. The van der Waals surface area contributed by atoms with E-state index in [1.165, 1.54) is 6.07 Å². The van der Waals surface area contributed by atoms with Crippen molar-refractivity contribution in [3.8, 4) is 11.8 Å². The number of hydrogen-bond acceptors (Lipinski definition) is 4. The molecule has 0 aliphatic heterocycles. The van der Waals surface area contributed by atoms with E-state index in [1.807, 2.05) is 20.8 Å². The fourth-order valence-electron chi connectivity index (χ4n) is 1.67. The van der Waals surface area contributed by atoms with E-state index in [0.717, 1.165) is 0 Å². The average Bonchev–Trinajstić information content (AvgIpc) is 2.52. The van der Waals surface area contributed by atoms with Gasteiger partial charge >= 0.3 is 11.9 Å². The minimum Gasteiger partial charge on any atom is -0.462 e. The Labute approximate surface area is 131 Å². The molecule has 1 aromatic rings.